The van der Waals surface area contributed by atoms with Gasteiger partial charge in [0.1, 0.15) is 0 Å². The first kappa shape index (κ1) is 9.81. The first-order valence-electron chi connectivity index (χ1n) is 4.37. The van der Waals surface area contributed by atoms with E-state index in [9.17, 15) is 4.79 Å². The monoisotopic (exact) mass is 190 g/mol. The third kappa shape index (κ3) is 1.90. The molecule has 1 amide bonds. The van der Waals surface area contributed by atoms with E-state index in [-0.39, 0.29) is 18.3 Å². The van der Waals surface area contributed by atoms with Crippen molar-refractivity contribution in [3.8, 4) is 0 Å². The predicted octanol–water partition coefficient (Wildman–Crippen LogP) is 0.392. The fourth-order valence-corrected chi connectivity index (χ4v) is 1.97. The maximum Gasteiger partial charge on any atom is 0.234 e. The number of rotatable bonds is 0. The van der Waals surface area contributed by atoms with Crippen molar-refractivity contribution in [3.63, 3.8) is 0 Å². The number of carbonyl (C=O) groups excluding carboxylic acids is 1. The van der Waals surface area contributed by atoms with Gasteiger partial charge in [-0.1, -0.05) is 6.42 Å². The molecular weight excluding hydrogens is 176 g/mol. The molecule has 2 aliphatic rings. The van der Waals surface area contributed by atoms with Gasteiger partial charge in [-0.2, -0.15) is 0 Å². The van der Waals surface area contributed by atoms with Gasteiger partial charge >= 0.3 is 0 Å². The summed E-state index contributed by atoms with van der Waals surface area (Å²) in [5, 5.41) is 2.90. The summed E-state index contributed by atoms with van der Waals surface area (Å²) in [6.07, 6.45) is 3.86. The number of halogens is 1. The molecule has 0 aromatic heterocycles. The molecule has 0 bridgehead atoms. The van der Waals surface area contributed by atoms with Crippen molar-refractivity contribution in [3.05, 3.63) is 0 Å². The molecule has 0 aromatic rings. The topological polar surface area (TPSA) is 32.3 Å². The maximum absolute atomic E-state index is 11.0. The Balaban J connectivity index is 0.000000720. The fourth-order valence-electron chi connectivity index (χ4n) is 1.97. The molecule has 70 valence electrons. The fraction of sp³-hybridized carbons (Fsp3) is 0.875. The summed E-state index contributed by atoms with van der Waals surface area (Å²) in [5.41, 5.74) is 0. The summed E-state index contributed by atoms with van der Waals surface area (Å²) in [6, 6.07) is 0.640. The van der Waals surface area contributed by atoms with Crippen molar-refractivity contribution in [1.82, 2.24) is 10.2 Å². The lowest BCUT2D eigenvalue weighted by molar-refractivity contribution is -0.126. The van der Waals surface area contributed by atoms with Crippen molar-refractivity contribution in [2.75, 3.05) is 19.6 Å². The van der Waals surface area contributed by atoms with Gasteiger partial charge in [0.05, 0.1) is 6.54 Å². The second-order valence-electron chi connectivity index (χ2n) is 3.42. The van der Waals surface area contributed by atoms with Crippen LogP contribution in [0.5, 0.6) is 0 Å². The lowest BCUT2D eigenvalue weighted by atomic mass is 10.0. The zero-order chi connectivity index (χ0) is 7.68. The molecular formula is C8H15ClN2O. The van der Waals surface area contributed by atoms with Crippen LogP contribution >= 0.6 is 12.4 Å². The van der Waals surface area contributed by atoms with Gasteiger partial charge in [-0.25, -0.2) is 0 Å². The number of hydrogen-bond acceptors (Lipinski definition) is 2. The Morgan fingerprint density at radius 1 is 1.42 bits per heavy atom. The van der Waals surface area contributed by atoms with E-state index in [1.165, 1.54) is 19.3 Å². The van der Waals surface area contributed by atoms with Gasteiger partial charge in [0, 0.05) is 12.6 Å². The minimum absolute atomic E-state index is 0. The molecule has 1 N–H and O–H groups in total. The van der Waals surface area contributed by atoms with Crippen LogP contribution in [0.2, 0.25) is 0 Å². The second-order valence-corrected chi connectivity index (χ2v) is 3.42. The molecule has 12 heavy (non-hydrogen) atoms. The molecule has 2 saturated heterocycles. The standard InChI is InChI=1S/C8H14N2O.ClH/c11-8-6-10-4-2-1-3-7(10)5-9-8;/h7H,1-6H2,(H,9,11);1H. The number of nitrogens with one attached hydrogen (secondary N) is 1. The number of carbonyl (C=O) groups is 1. The molecule has 0 saturated carbocycles. The Labute approximate surface area is 78.9 Å². The highest BCUT2D eigenvalue weighted by atomic mass is 35.5. The van der Waals surface area contributed by atoms with Gasteiger partial charge in [-0.05, 0) is 19.4 Å². The molecule has 2 aliphatic heterocycles. The van der Waals surface area contributed by atoms with Crippen molar-refractivity contribution in [2.24, 2.45) is 0 Å². The van der Waals surface area contributed by atoms with Crippen LogP contribution in [0, 0.1) is 0 Å². The zero-order valence-corrected chi connectivity index (χ0v) is 7.90. The normalized spacial score (nSPS) is 30.0. The van der Waals surface area contributed by atoms with Crippen LogP contribution in [0.1, 0.15) is 19.3 Å². The highest BCUT2D eigenvalue weighted by Crippen LogP contribution is 2.17. The van der Waals surface area contributed by atoms with Crippen LogP contribution in [-0.4, -0.2) is 36.5 Å². The SMILES string of the molecule is Cl.O=C1CN2CCCCC2CN1. The molecule has 1 atom stereocenters. The number of nitrogens with zero attached hydrogens (tertiary/aromatic N) is 1. The summed E-state index contributed by atoms with van der Waals surface area (Å²) >= 11 is 0. The Hall–Kier alpha value is -0.280. The molecule has 2 heterocycles. The number of hydrogen-bond donors (Lipinski definition) is 1. The molecule has 0 aromatic carbocycles. The second kappa shape index (κ2) is 4.10. The van der Waals surface area contributed by atoms with Crippen molar-refractivity contribution >= 4 is 18.3 Å². The summed E-state index contributed by atoms with van der Waals surface area (Å²) in [4.78, 5) is 13.3. The molecule has 0 radical (unpaired) electrons. The predicted molar refractivity (Wildman–Crippen MR) is 49.5 cm³/mol. The van der Waals surface area contributed by atoms with E-state index < -0.39 is 0 Å². The quantitative estimate of drug-likeness (QED) is 0.600. The number of piperidine rings is 1. The van der Waals surface area contributed by atoms with E-state index in [0.29, 0.717) is 12.6 Å². The largest absolute Gasteiger partial charge is 0.353 e. The zero-order valence-electron chi connectivity index (χ0n) is 7.08. The molecule has 1 unspecified atom stereocenters. The minimum Gasteiger partial charge on any atom is -0.353 e. The van der Waals surface area contributed by atoms with Crippen LogP contribution in [0.4, 0.5) is 0 Å². The van der Waals surface area contributed by atoms with Gasteiger partial charge in [0.25, 0.3) is 0 Å². The van der Waals surface area contributed by atoms with Crippen LogP contribution in [0.3, 0.4) is 0 Å². The number of fused-ring (bicyclic) bond motifs is 1. The Morgan fingerprint density at radius 3 is 3.08 bits per heavy atom. The first-order valence-corrected chi connectivity index (χ1v) is 4.37. The smallest absolute Gasteiger partial charge is 0.234 e. The third-order valence-electron chi connectivity index (χ3n) is 2.63. The Bertz CT molecular complexity index is 174. The lowest BCUT2D eigenvalue weighted by Crippen LogP contribution is -2.55. The van der Waals surface area contributed by atoms with Crippen LogP contribution in [0.25, 0.3) is 0 Å². The van der Waals surface area contributed by atoms with E-state index in [1.54, 1.807) is 0 Å². The van der Waals surface area contributed by atoms with Gasteiger partial charge in [0.2, 0.25) is 5.91 Å². The van der Waals surface area contributed by atoms with Crippen molar-refractivity contribution in [2.45, 2.75) is 25.3 Å². The minimum atomic E-state index is 0. The van der Waals surface area contributed by atoms with Crippen LogP contribution < -0.4 is 5.32 Å². The van der Waals surface area contributed by atoms with Crippen molar-refractivity contribution in [1.29, 1.82) is 0 Å². The van der Waals surface area contributed by atoms with Crippen LogP contribution in [0.15, 0.2) is 0 Å². The van der Waals surface area contributed by atoms with Gasteiger partial charge in [0.15, 0.2) is 0 Å². The van der Waals surface area contributed by atoms with Gasteiger partial charge in [-0.3, -0.25) is 9.69 Å². The van der Waals surface area contributed by atoms with Gasteiger partial charge in [-0.15, -0.1) is 12.4 Å². The highest BCUT2D eigenvalue weighted by Gasteiger charge is 2.27. The summed E-state index contributed by atoms with van der Waals surface area (Å²) < 4.78 is 0. The van der Waals surface area contributed by atoms with E-state index in [4.69, 9.17) is 0 Å². The molecule has 0 aliphatic carbocycles. The van der Waals surface area contributed by atoms with Crippen LogP contribution in [-0.2, 0) is 4.79 Å². The summed E-state index contributed by atoms with van der Waals surface area (Å²) in [5.74, 6) is 0.197. The number of amides is 1. The molecule has 2 rings (SSSR count). The van der Waals surface area contributed by atoms with E-state index in [1.807, 2.05) is 0 Å². The van der Waals surface area contributed by atoms with Crippen molar-refractivity contribution < 1.29 is 4.79 Å². The average molecular weight is 191 g/mol. The van der Waals surface area contributed by atoms with E-state index in [2.05, 4.69) is 10.2 Å². The average Bonchev–Trinajstić information content (AvgIpc) is 2.04. The third-order valence-corrected chi connectivity index (χ3v) is 2.63. The van der Waals surface area contributed by atoms with E-state index >= 15 is 0 Å². The maximum atomic E-state index is 11.0. The lowest BCUT2D eigenvalue weighted by Gasteiger charge is -2.38. The highest BCUT2D eigenvalue weighted by molar-refractivity contribution is 5.85. The molecule has 0 spiro atoms. The Kier molecular flexibility index (Phi) is 3.35. The summed E-state index contributed by atoms with van der Waals surface area (Å²) in [6.45, 7) is 2.63. The molecule has 4 heteroatoms. The summed E-state index contributed by atoms with van der Waals surface area (Å²) in [7, 11) is 0. The Morgan fingerprint density at radius 2 is 2.25 bits per heavy atom. The molecule has 3 nitrogen and oxygen atoms in total. The van der Waals surface area contributed by atoms with E-state index in [0.717, 1.165) is 13.1 Å². The number of piperazine rings is 1. The molecule has 2 fully saturated rings. The first-order chi connectivity index (χ1) is 5.36. The van der Waals surface area contributed by atoms with Gasteiger partial charge < -0.3 is 5.32 Å².